The lowest BCUT2D eigenvalue weighted by Crippen LogP contribution is -2.10. The van der Waals surface area contributed by atoms with Crippen LogP contribution < -0.4 is 16.4 Å². The third-order valence-corrected chi connectivity index (χ3v) is 11.7. The summed E-state index contributed by atoms with van der Waals surface area (Å²) in [6, 6.07) is 11.9. The lowest BCUT2D eigenvalue weighted by molar-refractivity contribution is 0.0968. The maximum absolute atomic E-state index is 13.2. The Kier molecular flexibility index (Phi) is 14.0. The first-order chi connectivity index (χ1) is 33.3. The minimum Gasteiger partial charge on any atom is -0.338 e. The van der Waals surface area contributed by atoms with Crippen LogP contribution in [0.15, 0.2) is 82.9 Å². The van der Waals surface area contributed by atoms with Crippen LogP contribution in [-0.4, -0.2) is 94.7 Å². The van der Waals surface area contributed by atoms with Gasteiger partial charge in [-0.05, 0) is 80.3 Å². The number of anilines is 4. The number of hydrogen-bond acceptors (Lipinski definition) is 19. The zero-order valence-electron chi connectivity index (χ0n) is 38.5. The number of Topliss-reactive ketones (excluding diaryl/α,β-unsaturated/α-hetero) is 2. The van der Waals surface area contributed by atoms with E-state index in [4.69, 9.17) is 14.8 Å². The van der Waals surface area contributed by atoms with E-state index in [2.05, 4.69) is 71.0 Å². The number of rotatable bonds is 16. The summed E-state index contributed by atoms with van der Waals surface area (Å²) in [5, 5.41) is 21.6. The molecule has 356 valence electrons. The van der Waals surface area contributed by atoms with Crippen molar-refractivity contribution in [2.45, 2.75) is 76.7 Å². The first-order valence-corrected chi connectivity index (χ1v) is 21.9. The van der Waals surface area contributed by atoms with Crippen LogP contribution in [-0.2, 0) is 37.9 Å². The van der Waals surface area contributed by atoms with Crippen molar-refractivity contribution in [1.82, 2.24) is 69.7 Å². The van der Waals surface area contributed by atoms with E-state index in [-0.39, 0.29) is 41.4 Å². The van der Waals surface area contributed by atoms with Crippen molar-refractivity contribution >= 4 is 34.8 Å². The molecular weight excluding hydrogens is 893 g/mol. The molecule has 0 aliphatic heterocycles. The molecular formula is C46H49F2N17O4. The summed E-state index contributed by atoms with van der Waals surface area (Å²) >= 11 is 0. The number of nitrogens with two attached hydrogens (primary N) is 1. The monoisotopic (exact) mass is 941 g/mol. The van der Waals surface area contributed by atoms with Crippen LogP contribution in [0.3, 0.4) is 0 Å². The number of nitrogens with one attached hydrogen (secondary N) is 2. The smallest absolute Gasteiger partial charge is 0.238 e. The second kappa shape index (κ2) is 20.4. The van der Waals surface area contributed by atoms with Gasteiger partial charge < -0.3 is 25.4 Å². The van der Waals surface area contributed by atoms with Gasteiger partial charge in [-0.3, -0.25) is 19.0 Å². The molecule has 2 aliphatic carbocycles. The van der Waals surface area contributed by atoms with Gasteiger partial charge in [0.1, 0.15) is 26.0 Å². The van der Waals surface area contributed by atoms with Crippen molar-refractivity contribution in [3.05, 3.63) is 120 Å². The number of carbonyl (C=O) groups excluding carboxylic acids is 2. The normalized spacial score (nSPS) is 13.9. The topological polar surface area (TPSA) is 275 Å². The fourth-order valence-electron chi connectivity index (χ4n) is 7.01. The molecule has 4 N–H and O–H groups in total. The van der Waals surface area contributed by atoms with Crippen molar-refractivity contribution in [3.63, 3.8) is 0 Å². The van der Waals surface area contributed by atoms with Crippen LogP contribution in [0.25, 0.3) is 22.8 Å². The van der Waals surface area contributed by atoms with Crippen LogP contribution in [0.2, 0.25) is 0 Å². The first-order valence-electron chi connectivity index (χ1n) is 21.9. The van der Waals surface area contributed by atoms with E-state index < -0.39 is 24.2 Å². The number of nitrogens with zero attached hydrogens (tertiary/aromatic N) is 14. The molecule has 10 rings (SSSR count). The summed E-state index contributed by atoms with van der Waals surface area (Å²) in [5.74, 6) is 2.12. The van der Waals surface area contributed by atoms with Gasteiger partial charge in [0.25, 0.3) is 0 Å². The van der Waals surface area contributed by atoms with Gasteiger partial charge in [0, 0.05) is 57.5 Å². The van der Waals surface area contributed by atoms with E-state index in [0.717, 1.165) is 57.6 Å². The third-order valence-electron chi connectivity index (χ3n) is 11.7. The predicted octanol–water partition coefficient (Wildman–Crippen LogP) is 6.58. The summed E-state index contributed by atoms with van der Waals surface area (Å²) in [5.41, 5.74) is 12.1. The molecule has 0 amide bonds. The number of ketones is 2. The van der Waals surface area contributed by atoms with Crippen molar-refractivity contribution in [2.24, 2.45) is 19.8 Å². The lowest BCUT2D eigenvalue weighted by Gasteiger charge is -2.08. The summed E-state index contributed by atoms with van der Waals surface area (Å²) < 4.78 is 39.1. The van der Waals surface area contributed by atoms with Crippen LogP contribution in [0.4, 0.5) is 32.1 Å². The zero-order chi connectivity index (χ0) is 48.7. The van der Waals surface area contributed by atoms with E-state index in [1.165, 1.54) is 19.6 Å². The summed E-state index contributed by atoms with van der Waals surface area (Å²) in [7, 11) is 3.68. The van der Waals surface area contributed by atoms with Crippen molar-refractivity contribution in [2.75, 3.05) is 24.0 Å². The Morgan fingerprint density at radius 2 is 1.17 bits per heavy atom. The van der Waals surface area contributed by atoms with Gasteiger partial charge in [-0.15, -0.1) is 0 Å². The highest BCUT2D eigenvalue weighted by atomic mass is 19.1. The number of aryl methyl sites for hydroxylation is 5. The van der Waals surface area contributed by atoms with Gasteiger partial charge in [0.05, 0.1) is 34.6 Å². The highest BCUT2D eigenvalue weighted by Gasteiger charge is 2.50. The molecule has 0 radical (unpaired) electrons. The number of halogens is 2. The molecule has 0 spiro atoms. The van der Waals surface area contributed by atoms with Gasteiger partial charge in [0.15, 0.2) is 11.6 Å². The van der Waals surface area contributed by atoms with Crippen LogP contribution in [0.5, 0.6) is 0 Å². The average molecular weight is 942 g/mol. The van der Waals surface area contributed by atoms with Gasteiger partial charge in [-0.2, -0.15) is 30.1 Å². The quantitative estimate of drug-likeness (QED) is 0.0863. The molecule has 6 heterocycles. The molecule has 2 aliphatic rings. The third kappa shape index (κ3) is 11.4. The maximum atomic E-state index is 13.2. The average Bonchev–Trinajstić information content (AvgIpc) is 3.99. The second-order valence-corrected chi connectivity index (χ2v) is 17.0. The molecule has 2 aromatic carbocycles. The van der Waals surface area contributed by atoms with Crippen molar-refractivity contribution < 1.29 is 27.4 Å². The summed E-state index contributed by atoms with van der Waals surface area (Å²) in [4.78, 5) is 57.1. The lowest BCUT2D eigenvalue weighted by atomic mass is 9.99. The Morgan fingerprint density at radius 3 is 1.58 bits per heavy atom. The molecule has 6 aromatic heterocycles. The Labute approximate surface area is 393 Å². The van der Waals surface area contributed by atoms with Gasteiger partial charge in [-0.1, -0.05) is 34.6 Å². The SMILES string of the molecule is CC(=O)c1noc(C2(CF)CC2)n1.Cc1cc(-c2ncnc(Nc3cnn(C)c3)n2)ccc1CCC(=O)c1noc(C2(CF)CC2)n1.Cc1cc(-c2ncnc(Nc3cnn(C)c3)n2)ccc1CN. The standard InChI is InChI=1S/C23H23FN8O2.C15H17N7.C8H9FN2O2/c1-14-9-16(19-25-13-26-22(30-19)28-17-10-27-32(2)11-17)4-3-15(14)5-6-18(33)20-29-21(34-31-20)23(12-24)7-8-23;1-10-5-11(3-4-12(10)6-16)14-17-9-18-15(21-14)20-13-7-19-22(2)8-13;1-5(12)6-10-7(13-11-6)8(4-9)2-3-8/h3-4,9-11,13H,5-8,12H2,1-2H3,(H,25,26,28,30);3-5,7-9H,6,16H2,1-2H3,(H,17,18,20,21);2-4H2,1H3. The maximum Gasteiger partial charge on any atom is 0.238 e. The number of alkyl halides is 2. The highest BCUT2D eigenvalue weighted by Crippen LogP contribution is 2.48. The second-order valence-electron chi connectivity index (χ2n) is 17.0. The van der Waals surface area contributed by atoms with Crippen LogP contribution in [0.1, 0.15) is 94.3 Å². The fraction of sp³-hybridized carbons (Fsp3) is 0.348. The Hall–Kier alpha value is -8.08. The Bertz CT molecular complexity index is 3080. The minimum atomic E-state index is -0.666. The molecule has 8 aromatic rings. The largest absolute Gasteiger partial charge is 0.338 e. The minimum absolute atomic E-state index is 0.0165. The molecule has 2 saturated carbocycles. The van der Waals surface area contributed by atoms with E-state index in [1.807, 2.05) is 76.7 Å². The summed E-state index contributed by atoms with van der Waals surface area (Å²) in [6.45, 7) is 4.84. The van der Waals surface area contributed by atoms with E-state index in [9.17, 15) is 18.4 Å². The summed E-state index contributed by atoms with van der Waals surface area (Å²) in [6.07, 6.45) is 13.6. The van der Waals surface area contributed by atoms with Gasteiger partial charge >= 0.3 is 0 Å². The highest BCUT2D eigenvalue weighted by molar-refractivity contribution is 5.92. The van der Waals surface area contributed by atoms with Crippen LogP contribution in [0, 0.1) is 13.8 Å². The Balaban J connectivity index is 0.000000156. The molecule has 0 unspecified atom stereocenters. The van der Waals surface area contributed by atoms with E-state index >= 15 is 0 Å². The van der Waals surface area contributed by atoms with E-state index in [0.29, 0.717) is 49.4 Å². The predicted molar refractivity (Wildman–Crippen MR) is 246 cm³/mol. The van der Waals surface area contributed by atoms with E-state index in [1.54, 1.807) is 21.8 Å². The number of hydrogen-bond donors (Lipinski definition) is 3. The molecule has 0 saturated heterocycles. The van der Waals surface area contributed by atoms with Crippen molar-refractivity contribution in [1.29, 1.82) is 0 Å². The zero-order valence-corrected chi connectivity index (χ0v) is 38.5. The van der Waals surface area contributed by atoms with Gasteiger partial charge in [0.2, 0.25) is 46.9 Å². The fourth-order valence-corrected chi connectivity index (χ4v) is 7.01. The number of benzene rings is 2. The molecule has 21 nitrogen and oxygen atoms in total. The first kappa shape index (κ1) is 47.4. The molecule has 23 heteroatoms. The van der Waals surface area contributed by atoms with Crippen LogP contribution >= 0.6 is 0 Å². The molecule has 0 atom stereocenters. The van der Waals surface area contributed by atoms with Gasteiger partial charge in [-0.25, -0.2) is 28.7 Å². The molecule has 69 heavy (non-hydrogen) atoms. The number of aromatic nitrogens is 14. The number of carbonyl (C=O) groups is 2. The Morgan fingerprint density at radius 1 is 0.696 bits per heavy atom. The molecule has 2 fully saturated rings. The molecule has 0 bridgehead atoms. The van der Waals surface area contributed by atoms with Crippen molar-refractivity contribution in [3.8, 4) is 22.8 Å².